The van der Waals surface area contributed by atoms with Gasteiger partial charge in [0, 0.05) is 32.7 Å². The van der Waals surface area contributed by atoms with E-state index >= 15 is 0 Å². The molecule has 1 aromatic heterocycles. The molecule has 0 aliphatic carbocycles. The summed E-state index contributed by atoms with van der Waals surface area (Å²) in [6.07, 6.45) is 2.86. The van der Waals surface area contributed by atoms with Gasteiger partial charge in [-0.15, -0.1) is 5.10 Å². The smallest absolute Gasteiger partial charge is 0.304 e. The minimum absolute atomic E-state index is 0.227. The van der Waals surface area contributed by atoms with Gasteiger partial charge in [-0.05, 0) is 40.3 Å². The lowest BCUT2D eigenvalue weighted by Crippen LogP contribution is -2.50. The number of aromatic nitrogens is 2. The summed E-state index contributed by atoms with van der Waals surface area (Å²) in [6, 6.07) is 6.51. The Labute approximate surface area is 146 Å². The Balaban J connectivity index is 1.48. The van der Waals surface area contributed by atoms with E-state index in [4.69, 9.17) is 4.84 Å². The third-order valence-corrected chi connectivity index (χ3v) is 4.21. The number of nitrogens with zero attached hydrogens (tertiary/aromatic N) is 4. The van der Waals surface area contributed by atoms with Crippen molar-refractivity contribution in [3.8, 4) is 0 Å². The predicted molar refractivity (Wildman–Crippen MR) is 90.2 cm³/mol. The Kier molecular flexibility index (Phi) is 5.11. The van der Waals surface area contributed by atoms with Crippen molar-refractivity contribution < 1.29 is 14.0 Å². The summed E-state index contributed by atoms with van der Waals surface area (Å²) < 4.78 is 13.8. The van der Waals surface area contributed by atoms with Crippen molar-refractivity contribution >= 4 is 28.7 Å². The number of carbonyl (C=O) groups is 1. The molecule has 1 fully saturated rings. The molecule has 1 aliphatic rings. The molecule has 8 heteroatoms. The molecular weight excluding hydrogens is 414 g/mol. The first kappa shape index (κ1) is 16.2. The molecule has 1 aliphatic heterocycles. The number of hydrogen-bond acceptors (Lipinski definition) is 4. The molecule has 0 atom stereocenters. The van der Waals surface area contributed by atoms with Gasteiger partial charge in [0.05, 0.1) is 16.0 Å². The molecule has 1 saturated heterocycles. The van der Waals surface area contributed by atoms with E-state index in [9.17, 15) is 9.18 Å². The Morgan fingerprint density at radius 3 is 2.52 bits per heavy atom. The molecule has 0 bridgehead atoms. The minimum Gasteiger partial charge on any atom is -0.304 e. The van der Waals surface area contributed by atoms with Crippen LogP contribution in [0.25, 0.3) is 0 Å². The number of rotatable bonds is 3. The average molecular weight is 430 g/mol. The summed E-state index contributed by atoms with van der Waals surface area (Å²) >= 11 is 2.10. The highest BCUT2D eigenvalue weighted by Gasteiger charge is 2.23. The van der Waals surface area contributed by atoms with Gasteiger partial charge in [0.1, 0.15) is 5.82 Å². The van der Waals surface area contributed by atoms with Crippen LogP contribution >= 0.6 is 22.6 Å². The first-order chi connectivity index (χ1) is 11.1. The predicted octanol–water partition coefficient (Wildman–Crippen LogP) is 1.99. The maximum absolute atomic E-state index is 12.9. The minimum atomic E-state index is -0.397. The summed E-state index contributed by atoms with van der Waals surface area (Å²) in [6.45, 7) is 3.45. The van der Waals surface area contributed by atoms with Crippen LogP contribution in [0.1, 0.15) is 5.56 Å². The molecule has 122 valence electrons. The van der Waals surface area contributed by atoms with Crippen LogP contribution in [0.15, 0.2) is 36.7 Å². The van der Waals surface area contributed by atoms with E-state index in [1.807, 2.05) is 0 Å². The van der Waals surface area contributed by atoms with E-state index in [1.165, 1.54) is 17.0 Å². The molecule has 2 aromatic rings. The zero-order valence-corrected chi connectivity index (χ0v) is 14.5. The summed E-state index contributed by atoms with van der Waals surface area (Å²) in [4.78, 5) is 22.3. The normalized spacial score (nSPS) is 15.7. The van der Waals surface area contributed by atoms with Crippen molar-refractivity contribution in [2.45, 2.75) is 6.54 Å². The molecule has 0 N–H and O–H groups in total. The molecule has 0 unspecified atom stereocenters. The van der Waals surface area contributed by atoms with Gasteiger partial charge in [-0.25, -0.2) is 9.18 Å². The van der Waals surface area contributed by atoms with Gasteiger partial charge in [-0.2, -0.15) is 0 Å². The Hall–Kier alpha value is -1.68. The largest absolute Gasteiger partial charge is 0.436 e. The Morgan fingerprint density at radius 1 is 1.22 bits per heavy atom. The second-order valence-electron chi connectivity index (χ2n) is 5.31. The molecule has 23 heavy (non-hydrogen) atoms. The van der Waals surface area contributed by atoms with Crippen LogP contribution in [-0.4, -0.2) is 52.0 Å². The second-order valence-corrected chi connectivity index (χ2v) is 6.55. The lowest BCUT2D eigenvalue weighted by Gasteiger charge is -2.33. The summed E-state index contributed by atoms with van der Waals surface area (Å²) in [5.74, 6) is -0.227. The highest BCUT2D eigenvalue weighted by Crippen LogP contribution is 2.10. The molecule has 6 nitrogen and oxygen atoms in total. The zero-order chi connectivity index (χ0) is 16.2. The molecule has 1 aromatic carbocycles. The number of halogens is 2. The second kappa shape index (κ2) is 7.26. The zero-order valence-electron chi connectivity index (χ0n) is 12.4. The van der Waals surface area contributed by atoms with E-state index in [0.717, 1.165) is 28.8 Å². The van der Waals surface area contributed by atoms with Crippen molar-refractivity contribution in [1.82, 2.24) is 19.7 Å². The molecule has 2 heterocycles. The first-order valence-corrected chi connectivity index (χ1v) is 8.32. The van der Waals surface area contributed by atoms with Gasteiger partial charge in [0.2, 0.25) is 0 Å². The number of piperazine rings is 1. The number of amides is 1. The highest BCUT2D eigenvalue weighted by atomic mass is 127. The lowest BCUT2D eigenvalue weighted by molar-refractivity contribution is 0.0578. The highest BCUT2D eigenvalue weighted by molar-refractivity contribution is 14.1. The van der Waals surface area contributed by atoms with Gasteiger partial charge in [-0.1, -0.05) is 17.0 Å². The van der Waals surface area contributed by atoms with Crippen molar-refractivity contribution in [3.63, 3.8) is 0 Å². The summed E-state index contributed by atoms with van der Waals surface area (Å²) in [5.41, 5.74) is 1.06. The third kappa shape index (κ3) is 4.41. The average Bonchev–Trinajstić information content (AvgIpc) is 2.95. The fourth-order valence-corrected chi connectivity index (χ4v) is 2.77. The number of hydrogen-bond donors (Lipinski definition) is 0. The molecule has 0 spiro atoms. The van der Waals surface area contributed by atoms with Crippen LogP contribution in [0.5, 0.6) is 0 Å². The maximum atomic E-state index is 12.9. The van der Waals surface area contributed by atoms with Crippen molar-refractivity contribution in [3.05, 3.63) is 51.6 Å². The van der Waals surface area contributed by atoms with E-state index in [-0.39, 0.29) is 5.82 Å². The van der Waals surface area contributed by atoms with Gasteiger partial charge in [0.25, 0.3) is 0 Å². The monoisotopic (exact) mass is 430 g/mol. The van der Waals surface area contributed by atoms with E-state index in [0.29, 0.717) is 13.1 Å². The van der Waals surface area contributed by atoms with Crippen molar-refractivity contribution in [2.75, 3.05) is 26.2 Å². The van der Waals surface area contributed by atoms with E-state index in [2.05, 4.69) is 32.6 Å². The third-order valence-electron chi connectivity index (χ3n) is 3.65. The van der Waals surface area contributed by atoms with Crippen molar-refractivity contribution in [1.29, 1.82) is 0 Å². The summed E-state index contributed by atoms with van der Waals surface area (Å²) in [5, 5.41) is 3.93. The van der Waals surface area contributed by atoms with Crippen molar-refractivity contribution in [2.24, 2.45) is 0 Å². The SMILES string of the molecule is O=C(On1cc(I)cn1)N1CCN(Cc2ccc(F)cc2)CC1. The number of carbonyl (C=O) groups excluding carboxylic acids is 1. The molecule has 0 radical (unpaired) electrons. The maximum Gasteiger partial charge on any atom is 0.436 e. The Morgan fingerprint density at radius 2 is 1.91 bits per heavy atom. The standard InChI is InChI=1S/C15H16FIN4O2/c16-13-3-1-12(2-4-13)10-19-5-7-20(8-6-19)15(22)23-21-11-14(17)9-18-21/h1-4,9,11H,5-8,10H2. The van der Waals surface area contributed by atoms with Crippen LogP contribution in [-0.2, 0) is 6.54 Å². The van der Waals surface area contributed by atoms with E-state index < -0.39 is 6.09 Å². The van der Waals surface area contributed by atoms with Crippen LogP contribution in [0.4, 0.5) is 9.18 Å². The first-order valence-electron chi connectivity index (χ1n) is 7.24. The number of benzene rings is 1. The topological polar surface area (TPSA) is 50.6 Å². The fraction of sp³-hybridized carbons (Fsp3) is 0.333. The lowest BCUT2D eigenvalue weighted by atomic mass is 10.2. The van der Waals surface area contributed by atoms with Gasteiger partial charge < -0.3 is 4.90 Å². The van der Waals surface area contributed by atoms with Gasteiger partial charge in [0.15, 0.2) is 0 Å². The van der Waals surface area contributed by atoms with Crippen LogP contribution < -0.4 is 4.84 Å². The summed E-state index contributed by atoms with van der Waals surface area (Å²) in [7, 11) is 0. The quantitative estimate of drug-likeness (QED) is 0.700. The Bertz CT molecular complexity index is 668. The van der Waals surface area contributed by atoms with Crippen LogP contribution in [0.3, 0.4) is 0 Å². The molecule has 0 saturated carbocycles. The van der Waals surface area contributed by atoms with Gasteiger partial charge in [-0.3, -0.25) is 9.74 Å². The van der Waals surface area contributed by atoms with E-state index in [1.54, 1.807) is 29.4 Å². The van der Waals surface area contributed by atoms with Gasteiger partial charge >= 0.3 is 6.09 Å². The van der Waals surface area contributed by atoms with Crippen LogP contribution in [0, 0.1) is 9.39 Å². The molecule has 3 rings (SSSR count). The molecular formula is C15H16FIN4O2. The van der Waals surface area contributed by atoms with Crippen LogP contribution in [0.2, 0.25) is 0 Å². The molecule has 1 amide bonds. The fourth-order valence-electron chi connectivity index (χ4n) is 2.41.